The Labute approximate surface area is 87.8 Å². The van der Waals surface area contributed by atoms with Crippen molar-refractivity contribution in [3.63, 3.8) is 0 Å². The first-order valence-corrected chi connectivity index (χ1v) is 5.19. The Morgan fingerprint density at radius 1 is 1.57 bits per heavy atom. The first kappa shape index (κ1) is 9.40. The molecule has 0 radical (unpaired) electrons. The third kappa shape index (κ3) is 1.35. The highest BCUT2D eigenvalue weighted by molar-refractivity contribution is 7.71. The fraction of sp³-hybridized carbons (Fsp3) is 0.400. The van der Waals surface area contributed by atoms with Gasteiger partial charge in [0, 0.05) is 12.7 Å². The van der Waals surface area contributed by atoms with Gasteiger partial charge in [-0.2, -0.15) is 0 Å². The van der Waals surface area contributed by atoms with Gasteiger partial charge in [-0.15, -0.1) is 0 Å². The van der Waals surface area contributed by atoms with Gasteiger partial charge in [0.1, 0.15) is 0 Å². The van der Waals surface area contributed by atoms with Gasteiger partial charge < -0.3 is 9.55 Å². The maximum atomic E-state index is 5.25. The number of aromatic nitrogens is 3. The molecule has 0 atom stereocenters. The number of hydrogen-bond donors (Lipinski definition) is 1. The van der Waals surface area contributed by atoms with Gasteiger partial charge in [0.25, 0.3) is 0 Å². The van der Waals surface area contributed by atoms with Crippen molar-refractivity contribution in [1.82, 2.24) is 14.5 Å². The summed E-state index contributed by atoms with van der Waals surface area (Å²) < 4.78 is 2.82. The molecule has 0 aromatic carbocycles. The predicted octanol–water partition coefficient (Wildman–Crippen LogP) is 2.81. The van der Waals surface area contributed by atoms with Gasteiger partial charge in [-0.1, -0.05) is 6.92 Å². The maximum Gasteiger partial charge on any atom is 0.179 e. The number of aryl methyl sites for hydroxylation is 2. The number of rotatable bonds is 2. The molecule has 4 heteroatoms. The fourth-order valence-corrected chi connectivity index (χ4v) is 1.88. The molecule has 0 aliphatic carbocycles. The highest BCUT2D eigenvalue weighted by Gasteiger charge is 2.05. The summed E-state index contributed by atoms with van der Waals surface area (Å²) in [5.41, 5.74) is 3.22. The summed E-state index contributed by atoms with van der Waals surface area (Å²) in [6, 6.07) is 1.99. The second-order valence-corrected chi connectivity index (χ2v) is 3.79. The zero-order valence-corrected chi connectivity index (χ0v) is 9.19. The normalized spacial score (nSPS) is 11.0. The first-order chi connectivity index (χ1) is 6.74. The molecule has 2 rings (SSSR count). The van der Waals surface area contributed by atoms with E-state index < -0.39 is 0 Å². The van der Waals surface area contributed by atoms with E-state index in [4.69, 9.17) is 12.2 Å². The highest BCUT2D eigenvalue weighted by atomic mass is 32.1. The van der Waals surface area contributed by atoms with Gasteiger partial charge in [-0.25, -0.2) is 4.98 Å². The van der Waals surface area contributed by atoms with Crippen molar-refractivity contribution in [3.8, 4) is 0 Å². The quantitative estimate of drug-likeness (QED) is 0.768. The summed E-state index contributed by atoms with van der Waals surface area (Å²) in [7, 11) is 0. The zero-order chi connectivity index (χ0) is 10.1. The van der Waals surface area contributed by atoms with Crippen LogP contribution in [0.5, 0.6) is 0 Å². The molecule has 0 amide bonds. The van der Waals surface area contributed by atoms with Crippen molar-refractivity contribution in [2.75, 3.05) is 0 Å². The summed E-state index contributed by atoms with van der Waals surface area (Å²) in [6.45, 7) is 5.12. The summed E-state index contributed by atoms with van der Waals surface area (Å²) >= 11 is 5.25. The van der Waals surface area contributed by atoms with Crippen molar-refractivity contribution >= 4 is 23.4 Å². The van der Waals surface area contributed by atoms with Crippen LogP contribution in [0, 0.1) is 11.7 Å². The van der Waals surface area contributed by atoms with Crippen molar-refractivity contribution < 1.29 is 0 Å². The van der Waals surface area contributed by atoms with Crippen LogP contribution in [0.1, 0.15) is 18.9 Å². The van der Waals surface area contributed by atoms with Crippen molar-refractivity contribution in [2.45, 2.75) is 26.8 Å². The molecule has 3 nitrogen and oxygen atoms in total. The van der Waals surface area contributed by atoms with E-state index in [-0.39, 0.29) is 0 Å². The van der Waals surface area contributed by atoms with Crippen LogP contribution in [-0.2, 0) is 6.54 Å². The smallest absolute Gasteiger partial charge is 0.179 e. The Morgan fingerprint density at radius 2 is 2.36 bits per heavy atom. The number of pyridine rings is 1. The molecule has 0 spiro atoms. The molecule has 0 saturated heterocycles. The van der Waals surface area contributed by atoms with Crippen molar-refractivity contribution in [2.24, 2.45) is 0 Å². The molecule has 14 heavy (non-hydrogen) atoms. The third-order valence-electron chi connectivity index (χ3n) is 2.32. The highest BCUT2D eigenvalue weighted by Crippen LogP contribution is 2.15. The van der Waals surface area contributed by atoms with Crippen molar-refractivity contribution in [3.05, 3.63) is 22.6 Å². The number of nitrogens with zero attached hydrogens (tertiary/aromatic N) is 2. The van der Waals surface area contributed by atoms with Crippen LogP contribution >= 0.6 is 12.2 Å². The predicted molar refractivity (Wildman–Crippen MR) is 59.9 cm³/mol. The molecule has 0 aliphatic heterocycles. The topological polar surface area (TPSA) is 33.6 Å². The Hall–Kier alpha value is -1.16. The minimum Gasteiger partial charge on any atom is -0.329 e. The van der Waals surface area contributed by atoms with E-state index in [9.17, 15) is 0 Å². The summed E-state index contributed by atoms with van der Waals surface area (Å²) in [6.07, 6.45) is 2.89. The first-order valence-electron chi connectivity index (χ1n) is 4.78. The average Bonchev–Trinajstić information content (AvgIpc) is 2.47. The Kier molecular flexibility index (Phi) is 2.37. The van der Waals surface area contributed by atoms with Gasteiger partial charge >= 0.3 is 0 Å². The maximum absolute atomic E-state index is 5.25. The Bertz CT molecular complexity index is 510. The molecule has 0 unspecified atom stereocenters. The SMILES string of the molecule is CCCn1c(=S)[nH]c2c(C)ccnc21. The monoisotopic (exact) mass is 207 g/mol. The van der Waals surface area contributed by atoms with Gasteiger partial charge in [0.05, 0.1) is 5.52 Å². The molecule has 0 fully saturated rings. The molecule has 2 heterocycles. The number of aromatic amines is 1. The largest absolute Gasteiger partial charge is 0.329 e. The van der Waals surface area contributed by atoms with Gasteiger partial charge in [0.2, 0.25) is 0 Å². The number of H-pyrrole nitrogens is 1. The van der Waals surface area contributed by atoms with Crippen LogP contribution in [0.3, 0.4) is 0 Å². The fourth-order valence-electron chi connectivity index (χ4n) is 1.60. The van der Waals surface area contributed by atoms with Crippen molar-refractivity contribution in [1.29, 1.82) is 0 Å². The third-order valence-corrected chi connectivity index (χ3v) is 2.64. The summed E-state index contributed by atoms with van der Waals surface area (Å²) in [4.78, 5) is 7.54. The van der Waals surface area contributed by atoms with E-state index in [2.05, 4.69) is 28.4 Å². The molecule has 0 saturated carbocycles. The summed E-state index contributed by atoms with van der Waals surface area (Å²) in [5, 5.41) is 0. The molecule has 74 valence electrons. The lowest BCUT2D eigenvalue weighted by Crippen LogP contribution is -1.97. The summed E-state index contributed by atoms with van der Waals surface area (Å²) in [5.74, 6) is 0. The minimum atomic E-state index is 0.767. The minimum absolute atomic E-state index is 0.767. The zero-order valence-electron chi connectivity index (χ0n) is 8.37. The van der Waals surface area contributed by atoms with E-state index in [1.165, 1.54) is 5.56 Å². The number of fused-ring (bicyclic) bond motifs is 1. The number of hydrogen-bond acceptors (Lipinski definition) is 2. The van der Waals surface area contributed by atoms with Crippen LogP contribution in [-0.4, -0.2) is 14.5 Å². The second kappa shape index (κ2) is 3.53. The van der Waals surface area contributed by atoms with Gasteiger partial charge in [-0.05, 0) is 37.2 Å². The Morgan fingerprint density at radius 3 is 3.07 bits per heavy atom. The number of imidazole rings is 1. The van der Waals surface area contributed by atoms with Crippen LogP contribution in [0.2, 0.25) is 0 Å². The van der Waals surface area contributed by atoms with Crippen LogP contribution < -0.4 is 0 Å². The van der Waals surface area contributed by atoms with Crippen LogP contribution in [0.25, 0.3) is 11.2 Å². The molecule has 0 bridgehead atoms. The lowest BCUT2D eigenvalue weighted by atomic mass is 10.3. The molecule has 1 N–H and O–H groups in total. The molecular weight excluding hydrogens is 194 g/mol. The Balaban J connectivity index is 2.77. The van der Waals surface area contributed by atoms with Gasteiger partial charge in [0.15, 0.2) is 10.4 Å². The van der Waals surface area contributed by atoms with E-state index in [1.807, 2.05) is 12.3 Å². The van der Waals surface area contributed by atoms with Crippen LogP contribution in [0.15, 0.2) is 12.3 Å². The molecule has 2 aromatic rings. The lowest BCUT2D eigenvalue weighted by molar-refractivity contribution is 0.683. The van der Waals surface area contributed by atoms with E-state index >= 15 is 0 Å². The standard InChI is InChI=1S/C10H13N3S/c1-3-6-13-9-8(12-10(13)14)7(2)4-5-11-9/h4-5H,3,6H2,1-2H3,(H,12,14). The molecule has 0 aliphatic rings. The molecular formula is C10H13N3S. The van der Waals surface area contributed by atoms with E-state index in [1.54, 1.807) is 0 Å². The lowest BCUT2D eigenvalue weighted by Gasteiger charge is -2.00. The average molecular weight is 207 g/mol. The van der Waals surface area contributed by atoms with Crippen LogP contribution in [0.4, 0.5) is 0 Å². The van der Waals surface area contributed by atoms with E-state index in [0.717, 1.165) is 28.9 Å². The second-order valence-electron chi connectivity index (χ2n) is 3.41. The molecule has 2 aromatic heterocycles. The van der Waals surface area contributed by atoms with Gasteiger partial charge in [-0.3, -0.25) is 0 Å². The van der Waals surface area contributed by atoms with E-state index in [0.29, 0.717) is 0 Å². The number of nitrogens with one attached hydrogen (secondary N) is 1.